The summed E-state index contributed by atoms with van der Waals surface area (Å²) in [6.45, 7) is 2.54. The Labute approximate surface area is 97.7 Å². The second kappa shape index (κ2) is 6.00. The van der Waals surface area contributed by atoms with E-state index in [-0.39, 0.29) is 13.1 Å². The minimum absolute atomic E-state index is 0.138. The second-order valence-electron chi connectivity index (χ2n) is 3.55. The SMILES string of the molecule is CCN(CC)C(F)(F)C(C(=O)N(C)C)=C(F)F. The molecule has 0 aliphatic rings. The van der Waals surface area contributed by atoms with Gasteiger partial charge in [-0.05, 0) is 0 Å². The zero-order valence-electron chi connectivity index (χ0n) is 10.2. The molecule has 17 heavy (non-hydrogen) atoms. The number of rotatable bonds is 5. The van der Waals surface area contributed by atoms with Crippen molar-refractivity contribution in [1.29, 1.82) is 0 Å². The number of amides is 1. The second-order valence-corrected chi connectivity index (χ2v) is 3.55. The van der Waals surface area contributed by atoms with Gasteiger partial charge in [-0.3, -0.25) is 4.79 Å². The summed E-state index contributed by atoms with van der Waals surface area (Å²) in [5.41, 5.74) is -1.76. The van der Waals surface area contributed by atoms with Crippen LogP contribution in [0.2, 0.25) is 0 Å². The summed E-state index contributed by atoms with van der Waals surface area (Å²) in [5.74, 6) is -1.39. The third-order valence-electron chi connectivity index (χ3n) is 2.27. The largest absolute Gasteiger partial charge is 0.345 e. The van der Waals surface area contributed by atoms with E-state index in [0.29, 0.717) is 9.80 Å². The van der Waals surface area contributed by atoms with E-state index in [4.69, 9.17) is 0 Å². The Morgan fingerprint density at radius 2 is 1.53 bits per heavy atom. The number of carbonyl (C=O) groups is 1. The molecule has 0 saturated carbocycles. The summed E-state index contributed by atoms with van der Waals surface area (Å²) < 4.78 is 52.6. The highest BCUT2D eigenvalue weighted by molar-refractivity contribution is 5.94. The molecule has 0 aromatic heterocycles. The van der Waals surface area contributed by atoms with E-state index in [1.54, 1.807) is 0 Å². The van der Waals surface area contributed by atoms with Crippen molar-refractivity contribution in [2.45, 2.75) is 19.9 Å². The first kappa shape index (κ1) is 15.9. The molecular weight excluding hydrogens is 240 g/mol. The van der Waals surface area contributed by atoms with Gasteiger partial charge in [0.05, 0.1) is 0 Å². The van der Waals surface area contributed by atoms with E-state index < -0.39 is 23.6 Å². The molecular formula is C10H16F4N2O. The maximum Gasteiger partial charge on any atom is 0.342 e. The van der Waals surface area contributed by atoms with Gasteiger partial charge in [-0.1, -0.05) is 13.8 Å². The predicted molar refractivity (Wildman–Crippen MR) is 55.8 cm³/mol. The van der Waals surface area contributed by atoms with Gasteiger partial charge in [0.2, 0.25) is 0 Å². The lowest BCUT2D eigenvalue weighted by atomic mass is 10.2. The van der Waals surface area contributed by atoms with Gasteiger partial charge in [-0.2, -0.15) is 17.6 Å². The van der Waals surface area contributed by atoms with Crippen molar-refractivity contribution in [1.82, 2.24) is 9.80 Å². The van der Waals surface area contributed by atoms with Crippen LogP contribution >= 0.6 is 0 Å². The lowest BCUT2D eigenvalue weighted by molar-refractivity contribution is -0.142. The van der Waals surface area contributed by atoms with E-state index in [1.165, 1.54) is 13.8 Å². The summed E-state index contributed by atoms with van der Waals surface area (Å²) in [6.07, 6.45) is -2.65. The number of halogens is 4. The van der Waals surface area contributed by atoms with Crippen LogP contribution in [0.3, 0.4) is 0 Å². The van der Waals surface area contributed by atoms with Gasteiger partial charge in [0.15, 0.2) is 5.57 Å². The highest BCUT2D eigenvalue weighted by atomic mass is 19.3. The van der Waals surface area contributed by atoms with Crippen LogP contribution in [0, 0.1) is 0 Å². The van der Waals surface area contributed by atoms with Crippen LogP contribution in [-0.4, -0.2) is 48.9 Å². The smallest absolute Gasteiger partial charge is 0.342 e. The zero-order valence-corrected chi connectivity index (χ0v) is 10.2. The van der Waals surface area contributed by atoms with Crippen LogP contribution in [0.15, 0.2) is 11.7 Å². The molecule has 3 nitrogen and oxygen atoms in total. The number of carbonyl (C=O) groups excluding carboxylic acids is 1. The molecule has 0 rings (SSSR count). The minimum Gasteiger partial charge on any atom is -0.345 e. The Bertz CT molecular complexity index is 307. The predicted octanol–water partition coefficient (Wildman–Crippen LogP) is 2.16. The maximum absolute atomic E-state index is 13.8. The first-order chi connectivity index (χ1) is 7.69. The van der Waals surface area contributed by atoms with Gasteiger partial charge in [0.1, 0.15) is 0 Å². The van der Waals surface area contributed by atoms with Crippen molar-refractivity contribution in [3.63, 3.8) is 0 Å². The summed E-state index contributed by atoms with van der Waals surface area (Å²) in [4.78, 5) is 12.6. The Hall–Kier alpha value is -1.11. The molecule has 0 atom stereocenters. The van der Waals surface area contributed by atoms with Gasteiger partial charge in [0, 0.05) is 27.2 Å². The van der Waals surface area contributed by atoms with Gasteiger partial charge in [-0.25, -0.2) is 4.90 Å². The molecule has 0 saturated heterocycles. The third-order valence-corrected chi connectivity index (χ3v) is 2.27. The fourth-order valence-electron chi connectivity index (χ4n) is 1.33. The molecule has 0 aliphatic carbocycles. The molecule has 0 aliphatic heterocycles. The lowest BCUT2D eigenvalue weighted by Crippen LogP contribution is -2.47. The Morgan fingerprint density at radius 1 is 1.12 bits per heavy atom. The maximum atomic E-state index is 13.8. The summed E-state index contributed by atoms with van der Waals surface area (Å²) >= 11 is 0. The fraction of sp³-hybridized carbons (Fsp3) is 0.700. The van der Waals surface area contributed by atoms with Gasteiger partial charge in [-0.15, -0.1) is 0 Å². The Balaban J connectivity index is 5.50. The van der Waals surface area contributed by atoms with Crippen LogP contribution in [0.25, 0.3) is 0 Å². The van der Waals surface area contributed by atoms with Gasteiger partial charge >= 0.3 is 6.05 Å². The van der Waals surface area contributed by atoms with E-state index in [2.05, 4.69) is 0 Å². The monoisotopic (exact) mass is 256 g/mol. The topological polar surface area (TPSA) is 23.6 Å². The molecule has 1 amide bonds. The Morgan fingerprint density at radius 3 is 1.76 bits per heavy atom. The molecule has 0 aromatic rings. The van der Waals surface area contributed by atoms with Crippen molar-refractivity contribution in [2.24, 2.45) is 0 Å². The molecule has 0 unspecified atom stereocenters. The number of hydrogen-bond acceptors (Lipinski definition) is 2. The third kappa shape index (κ3) is 3.42. The molecule has 0 N–H and O–H groups in total. The number of likely N-dealkylation sites (N-methyl/N-ethyl adjacent to an activating group) is 2. The highest BCUT2D eigenvalue weighted by Crippen LogP contribution is 2.32. The summed E-state index contributed by atoms with van der Waals surface area (Å²) in [7, 11) is 2.28. The van der Waals surface area contributed by atoms with Crippen LogP contribution in [-0.2, 0) is 4.79 Å². The van der Waals surface area contributed by atoms with Crippen molar-refractivity contribution < 1.29 is 22.4 Å². The molecule has 0 bridgehead atoms. The molecule has 0 heterocycles. The molecule has 7 heteroatoms. The molecule has 0 aromatic carbocycles. The number of hydrogen-bond donors (Lipinski definition) is 0. The average molecular weight is 256 g/mol. The Kier molecular flexibility index (Phi) is 5.60. The van der Waals surface area contributed by atoms with Gasteiger partial charge in [0.25, 0.3) is 12.0 Å². The molecule has 100 valence electrons. The van der Waals surface area contributed by atoms with Crippen LogP contribution < -0.4 is 0 Å². The zero-order chi connectivity index (χ0) is 13.8. The molecule has 0 radical (unpaired) electrons. The standard InChI is InChI=1S/C10H16F4N2O/c1-5-16(6-2)10(13,14)7(8(11)12)9(17)15(3)4/h5-6H2,1-4H3. The quantitative estimate of drug-likeness (QED) is 0.427. The van der Waals surface area contributed by atoms with Crippen molar-refractivity contribution in [3.05, 3.63) is 11.7 Å². The van der Waals surface area contributed by atoms with Crippen LogP contribution in [0.4, 0.5) is 17.6 Å². The van der Waals surface area contributed by atoms with Gasteiger partial charge < -0.3 is 4.90 Å². The highest BCUT2D eigenvalue weighted by Gasteiger charge is 2.47. The average Bonchev–Trinajstić information content (AvgIpc) is 2.17. The normalized spacial score (nSPS) is 11.6. The van der Waals surface area contributed by atoms with Crippen molar-refractivity contribution in [3.8, 4) is 0 Å². The number of nitrogens with zero attached hydrogens (tertiary/aromatic N) is 2. The molecule has 0 spiro atoms. The van der Waals surface area contributed by atoms with Crippen LogP contribution in [0.1, 0.15) is 13.8 Å². The van der Waals surface area contributed by atoms with E-state index in [0.717, 1.165) is 14.1 Å². The fourth-order valence-corrected chi connectivity index (χ4v) is 1.33. The van der Waals surface area contributed by atoms with Crippen molar-refractivity contribution in [2.75, 3.05) is 27.2 Å². The van der Waals surface area contributed by atoms with Crippen LogP contribution in [0.5, 0.6) is 0 Å². The number of alkyl halides is 2. The van der Waals surface area contributed by atoms with Crippen molar-refractivity contribution >= 4 is 5.91 Å². The lowest BCUT2D eigenvalue weighted by Gasteiger charge is -2.30. The van der Waals surface area contributed by atoms with E-state index in [1.807, 2.05) is 0 Å². The summed E-state index contributed by atoms with van der Waals surface area (Å²) in [6, 6.07) is -3.97. The first-order valence-electron chi connectivity index (χ1n) is 5.10. The minimum atomic E-state index is -3.97. The van der Waals surface area contributed by atoms with E-state index in [9.17, 15) is 22.4 Å². The summed E-state index contributed by atoms with van der Waals surface area (Å²) in [5, 5.41) is 0. The first-order valence-corrected chi connectivity index (χ1v) is 5.10. The molecule has 0 fully saturated rings. The van der Waals surface area contributed by atoms with E-state index >= 15 is 0 Å².